The number of hydrogen-bond donors (Lipinski definition) is 3. The number of alkyl carbamates (subject to hydrolysis) is 1. The highest BCUT2D eigenvalue weighted by molar-refractivity contribution is 5.90. The van der Waals surface area contributed by atoms with Crippen LogP contribution in [0.1, 0.15) is 53.1 Å². The van der Waals surface area contributed by atoms with E-state index < -0.39 is 29.2 Å². The Hall–Kier alpha value is -2.61. The van der Waals surface area contributed by atoms with Crippen molar-refractivity contribution in [1.82, 2.24) is 15.5 Å². The molecule has 1 rings (SSSR count). The summed E-state index contributed by atoms with van der Waals surface area (Å²) in [5.41, 5.74) is -0.600. The highest BCUT2D eigenvalue weighted by atomic mass is 16.6. The summed E-state index contributed by atoms with van der Waals surface area (Å²) in [7, 11) is 0. The van der Waals surface area contributed by atoms with Crippen LogP contribution < -0.4 is 10.6 Å². The first kappa shape index (κ1) is 24.4. The van der Waals surface area contributed by atoms with E-state index in [-0.39, 0.29) is 25.6 Å². The molecule has 0 saturated heterocycles. The van der Waals surface area contributed by atoms with Gasteiger partial charge in [-0.1, -0.05) is 30.3 Å². The fourth-order valence-electron chi connectivity index (χ4n) is 2.62. The van der Waals surface area contributed by atoms with Crippen molar-refractivity contribution < 1.29 is 24.2 Å². The maximum absolute atomic E-state index is 13.0. The van der Waals surface area contributed by atoms with Crippen LogP contribution in [0.15, 0.2) is 30.3 Å². The second-order valence-corrected chi connectivity index (χ2v) is 8.72. The molecule has 1 unspecified atom stereocenters. The molecule has 8 nitrogen and oxygen atoms in total. The average molecular weight is 408 g/mol. The van der Waals surface area contributed by atoms with Crippen LogP contribution in [0.4, 0.5) is 4.79 Å². The predicted molar refractivity (Wildman–Crippen MR) is 110 cm³/mol. The number of benzene rings is 1. The molecule has 3 amide bonds. The van der Waals surface area contributed by atoms with E-state index in [1.54, 1.807) is 45.0 Å². The molecule has 0 aromatic heterocycles. The molecule has 0 spiro atoms. The average Bonchev–Trinajstić information content (AvgIpc) is 2.57. The summed E-state index contributed by atoms with van der Waals surface area (Å²) in [5.74, 6) is -0.884. The van der Waals surface area contributed by atoms with Crippen LogP contribution in [0.2, 0.25) is 0 Å². The van der Waals surface area contributed by atoms with Gasteiger partial charge in [-0.2, -0.15) is 0 Å². The van der Waals surface area contributed by atoms with Gasteiger partial charge in [0, 0.05) is 12.1 Å². The van der Waals surface area contributed by atoms with Crippen molar-refractivity contribution in [2.75, 3.05) is 19.7 Å². The van der Waals surface area contributed by atoms with Gasteiger partial charge in [0.2, 0.25) is 11.8 Å². The van der Waals surface area contributed by atoms with Crippen molar-refractivity contribution in [1.29, 1.82) is 0 Å². The van der Waals surface area contributed by atoms with Crippen molar-refractivity contribution in [2.45, 2.75) is 58.7 Å². The van der Waals surface area contributed by atoms with E-state index >= 15 is 0 Å². The highest BCUT2D eigenvalue weighted by Crippen LogP contribution is 2.22. The van der Waals surface area contributed by atoms with E-state index in [4.69, 9.17) is 4.74 Å². The summed E-state index contributed by atoms with van der Waals surface area (Å²) in [6.45, 7) is 9.93. The summed E-state index contributed by atoms with van der Waals surface area (Å²) in [4.78, 5) is 39.0. The fourth-order valence-corrected chi connectivity index (χ4v) is 2.62. The summed E-state index contributed by atoms with van der Waals surface area (Å²) >= 11 is 0. The molecule has 0 aliphatic heterocycles. The first-order chi connectivity index (χ1) is 13.3. The lowest BCUT2D eigenvalue weighted by atomic mass is 10.0. The lowest BCUT2D eigenvalue weighted by Crippen LogP contribution is -2.51. The maximum atomic E-state index is 13.0. The molecule has 1 aromatic carbocycles. The molecule has 29 heavy (non-hydrogen) atoms. The minimum atomic E-state index is -0.949. The van der Waals surface area contributed by atoms with Gasteiger partial charge in [0.1, 0.15) is 18.2 Å². The Morgan fingerprint density at radius 2 is 1.66 bits per heavy atom. The number of hydrogen-bond acceptors (Lipinski definition) is 5. The van der Waals surface area contributed by atoms with Crippen molar-refractivity contribution >= 4 is 17.9 Å². The third kappa shape index (κ3) is 8.95. The maximum Gasteiger partial charge on any atom is 0.408 e. The summed E-state index contributed by atoms with van der Waals surface area (Å²) < 4.78 is 5.14. The van der Waals surface area contributed by atoms with E-state index in [0.29, 0.717) is 5.56 Å². The third-order valence-electron chi connectivity index (χ3n) is 3.62. The molecule has 0 radical (unpaired) electrons. The Morgan fingerprint density at radius 3 is 2.14 bits per heavy atom. The van der Waals surface area contributed by atoms with Gasteiger partial charge >= 0.3 is 6.09 Å². The lowest BCUT2D eigenvalue weighted by molar-refractivity contribution is -0.141. The second kappa shape index (κ2) is 10.2. The zero-order chi connectivity index (χ0) is 22.2. The minimum Gasteiger partial charge on any atom is -0.444 e. The van der Waals surface area contributed by atoms with Crippen LogP contribution in [0.5, 0.6) is 0 Å². The van der Waals surface area contributed by atoms with Gasteiger partial charge in [0.25, 0.3) is 0 Å². The molecule has 0 saturated carbocycles. The van der Waals surface area contributed by atoms with E-state index in [2.05, 4.69) is 10.6 Å². The largest absolute Gasteiger partial charge is 0.444 e. The molecule has 8 heteroatoms. The molecule has 0 bridgehead atoms. The Bertz CT molecular complexity index is 693. The van der Waals surface area contributed by atoms with Crippen LogP contribution in [-0.2, 0) is 14.3 Å². The van der Waals surface area contributed by atoms with Crippen LogP contribution in [0.3, 0.4) is 0 Å². The molecular weight excluding hydrogens is 374 g/mol. The van der Waals surface area contributed by atoms with Crippen molar-refractivity contribution in [3.8, 4) is 0 Å². The predicted octanol–water partition coefficient (Wildman–Crippen LogP) is 1.99. The van der Waals surface area contributed by atoms with E-state index in [1.165, 1.54) is 4.90 Å². The Balaban J connectivity index is 3.07. The number of aliphatic hydroxyl groups is 1. The number of rotatable bonds is 7. The molecule has 162 valence electrons. The van der Waals surface area contributed by atoms with Gasteiger partial charge in [-0.15, -0.1) is 0 Å². The second-order valence-electron chi connectivity index (χ2n) is 8.72. The molecule has 3 N–H and O–H groups in total. The van der Waals surface area contributed by atoms with E-state index in [9.17, 15) is 19.5 Å². The standard InChI is InChI=1S/C21H33N3O5/c1-20(2,3)23-18(27)17(15-10-8-7-9-11-15)24(12-13-25)16(26)14-22-19(28)29-21(4,5)6/h7-11,17,25H,12-14H2,1-6H3,(H,22,28)(H,23,27). The van der Waals surface area contributed by atoms with Gasteiger partial charge in [0.05, 0.1) is 6.61 Å². The summed E-state index contributed by atoms with van der Waals surface area (Å²) in [5, 5.41) is 14.8. The number of carbonyl (C=O) groups is 3. The fraction of sp³-hybridized carbons (Fsp3) is 0.571. The Kier molecular flexibility index (Phi) is 8.63. The van der Waals surface area contributed by atoms with Crippen molar-refractivity contribution in [3.05, 3.63) is 35.9 Å². The SMILES string of the molecule is CC(C)(C)NC(=O)C(c1ccccc1)N(CCO)C(=O)CNC(=O)OC(C)(C)C. The first-order valence-corrected chi connectivity index (χ1v) is 9.58. The van der Waals surface area contributed by atoms with Gasteiger partial charge < -0.3 is 25.4 Å². The molecule has 1 aromatic rings. The van der Waals surface area contributed by atoms with Gasteiger partial charge in [0.15, 0.2) is 0 Å². The number of amides is 3. The van der Waals surface area contributed by atoms with E-state index in [0.717, 1.165) is 0 Å². The molecule has 0 fully saturated rings. The smallest absolute Gasteiger partial charge is 0.408 e. The summed E-state index contributed by atoms with van der Waals surface area (Å²) in [6, 6.07) is 7.89. The topological polar surface area (TPSA) is 108 Å². The summed E-state index contributed by atoms with van der Waals surface area (Å²) in [6.07, 6.45) is -0.731. The van der Waals surface area contributed by atoms with Gasteiger partial charge in [-0.05, 0) is 47.1 Å². The molecule has 1 atom stereocenters. The zero-order valence-corrected chi connectivity index (χ0v) is 18.1. The lowest BCUT2D eigenvalue weighted by Gasteiger charge is -2.33. The zero-order valence-electron chi connectivity index (χ0n) is 18.1. The highest BCUT2D eigenvalue weighted by Gasteiger charge is 2.33. The van der Waals surface area contributed by atoms with Gasteiger partial charge in [-0.3, -0.25) is 9.59 Å². The number of aliphatic hydroxyl groups excluding tert-OH is 1. The normalized spacial score (nSPS) is 12.7. The number of nitrogens with zero attached hydrogens (tertiary/aromatic N) is 1. The number of ether oxygens (including phenoxy) is 1. The Labute approximate surface area is 172 Å². The van der Waals surface area contributed by atoms with Crippen LogP contribution in [-0.4, -0.2) is 58.8 Å². The van der Waals surface area contributed by atoms with E-state index in [1.807, 2.05) is 26.8 Å². The van der Waals surface area contributed by atoms with Gasteiger partial charge in [-0.25, -0.2) is 4.79 Å². The van der Waals surface area contributed by atoms with Crippen LogP contribution in [0.25, 0.3) is 0 Å². The molecule has 0 heterocycles. The Morgan fingerprint density at radius 1 is 1.07 bits per heavy atom. The monoisotopic (exact) mass is 407 g/mol. The van der Waals surface area contributed by atoms with Crippen LogP contribution >= 0.6 is 0 Å². The number of carbonyl (C=O) groups excluding carboxylic acids is 3. The first-order valence-electron chi connectivity index (χ1n) is 9.58. The molecule has 0 aliphatic rings. The quantitative estimate of drug-likeness (QED) is 0.641. The third-order valence-corrected chi connectivity index (χ3v) is 3.62. The van der Waals surface area contributed by atoms with Crippen molar-refractivity contribution in [2.24, 2.45) is 0 Å². The minimum absolute atomic E-state index is 0.0635. The molecule has 0 aliphatic carbocycles. The van der Waals surface area contributed by atoms with Crippen LogP contribution in [0, 0.1) is 0 Å². The van der Waals surface area contributed by atoms with Crippen molar-refractivity contribution in [3.63, 3.8) is 0 Å². The number of nitrogens with one attached hydrogen (secondary N) is 2. The molecular formula is C21H33N3O5.